The second kappa shape index (κ2) is 7.84. The molecule has 5 rings (SSSR count). The number of hydrogen-bond donors (Lipinski definition) is 0. The zero-order valence-corrected chi connectivity index (χ0v) is 17.4. The molecule has 6 nitrogen and oxygen atoms in total. The maximum Gasteiger partial charge on any atom is 0.230 e. The van der Waals surface area contributed by atoms with Crippen molar-refractivity contribution in [1.82, 2.24) is 4.90 Å². The van der Waals surface area contributed by atoms with Crippen molar-refractivity contribution in [2.75, 3.05) is 49.2 Å². The van der Waals surface area contributed by atoms with Crippen LogP contribution >= 0.6 is 0 Å². The van der Waals surface area contributed by atoms with Gasteiger partial charge >= 0.3 is 0 Å². The Bertz CT molecular complexity index is 841. The molecule has 30 heavy (non-hydrogen) atoms. The van der Waals surface area contributed by atoms with Crippen LogP contribution in [-0.2, 0) is 14.3 Å². The summed E-state index contributed by atoms with van der Waals surface area (Å²) in [6, 6.07) is 5.39. The largest absolute Gasteiger partial charge is 0.381 e. The molecule has 4 fully saturated rings. The Morgan fingerprint density at radius 1 is 1.03 bits per heavy atom. The monoisotopic (exact) mass is 415 g/mol. The molecule has 1 aromatic rings. The zero-order chi connectivity index (χ0) is 20.7. The van der Waals surface area contributed by atoms with Gasteiger partial charge in [-0.2, -0.15) is 0 Å². The van der Waals surface area contributed by atoms with E-state index < -0.39 is 5.41 Å². The van der Waals surface area contributed by atoms with Gasteiger partial charge in [0.25, 0.3) is 0 Å². The minimum absolute atomic E-state index is 0.0591. The summed E-state index contributed by atoms with van der Waals surface area (Å²) in [6.07, 6.45) is 5.80. The Kier molecular flexibility index (Phi) is 5.17. The molecular weight excluding hydrogens is 385 g/mol. The average Bonchev–Trinajstić information content (AvgIpc) is 3.32. The highest BCUT2D eigenvalue weighted by Crippen LogP contribution is 2.43. The fraction of sp³-hybridized carbons (Fsp3) is 0.652. The van der Waals surface area contributed by atoms with E-state index in [2.05, 4.69) is 4.90 Å². The number of benzene rings is 1. The maximum atomic E-state index is 15.1. The van der Waals surface area contributed by atoms with Crippen LogP contribution in [0.1, 0.15) is 44.9 Å². The van der Waals surface area contributed by atoms with E-state index >= 15 is 4.39 Å². The number of amides is 2. The summed E-state index contributed by atoms with van der Waals surface area (Å²) in [6.45, 7) is 4.24. The topological polar surface area (TPSA) is 53.1 Å². The Morgan fingerprint density at radius 3 is 2.60 bits per heavy atom. The van der Waals surface area contributed by atoms with E-state index in [9.17, 15) is 9.59 Å². The van der Waals surface area contributed by atoms with Crippen molar-refractivity contribution in [1.29, 1.82) is 0 Å². The molecule has 2 amide bonds. The minimum atomic E-state index is -0.396. The van der Waals surface area contributed by atoms with E-state index in [1.165, 1.54) is 6.07 Å². The van der Waals surface area contributed by atoms with E-state index in [-0.39, 0.29) is 23.7 Å². The predicted octanol–water partition coefficient (Wildman–Crippen LogP) is 2.95. The molecule has 0 bridgehead atoms. The molecule has 0 N–H and O–H groups in total. The first-order chi connectivity index (χ1) is 14.6. The van der Waals surface area contributed by atoms with Crippen LogP contribution in [0.3, 0.4) is 0 Å². The van der Waals surface area contributed by atoms with Crippen molar-refractivity contribution in [3.8, 4) is 0 Å². The number of hydrogen-bond acceptors (Lipinski definition) is 4. The first-order valence-electron chi connectivity index (χ1n) is 11.3. The predicted molar refractivity (Wildman–Crippen MR) is 112 cm³/mol. The second-order valence-corrected chi connectivity index (χ2v) is 9.18. The molecule has 1 atom stereocenters. The van der Waals surface area contributed by atoms with E-state index in [0.717, 1.165) is 64.8 Å². The van der Waals surface area contributed by atoms with Gasteiger partial charge in [0.15, 0.2) is 0 Å². The van der Waals surface area contributed by atoms with E-state index in [4.69, 9.17) is 4.74 Å². The Hall–Kier alpha value is -2.15. The number of piperidine rings is 1. The van der Waals surface area contributed by atoms with Gasteiger partial charge in [-0.15, -0.1) is 0 Å². The zero-order valence-electron chi connectivity index (χ0n) is 17.4. The number of rotatable bonds is 3. The SMILES string of the molecule is O=C1CCCN1c1ccc(N2CCCC3(CCN(C4CCOCC4)C3=O)C2)c(F)c1. The number of likely N-dealkylation sites (tertiary alicyclic amines) is 1. The van der Waals surface area contributed by atoms with Gasteiger partial charge in [0.05, 0.1) is 11.1 Å². The third-order valence-corrected chi connectivity index (χ3v) is 7.41. The second-order valence-electron chi connectivity index (χ2n) is 9.18. The molecule has 162 valence electrons. The highest BCUT2D eigenvalue weighted by atomic mass is 19.1. The Morgan fingerprint density at radius 2 is 1.87 bits per heavy atom. The number of carbonyl (C=O) groups is 2. The molecule has 4 heterocycles. The van der Waals surface area contributed by atoms with Crippen molar-refractivity contribution in [3.63, 3.8) is 0 Å². The van der Waals surface area contributed by atoms with Crippen molar-refractivity contribution in [3.05, 3.63) is 24.0 Å². The smallest absolute Gasteiger partial charge is 0.230 e. The van der Waals surface area contributed by atoms with Crippen LogP contribution in [0.25, 0.3) is 0 Å². The van der Waals surface area contributed by atoms with Crippen molar-refractivity contribution >= 4 is 23.2 Å². The third kappa shape index (κ3) is 3.37. The van der Waals surface area contributed by atoms with E-state index in [1.54, 1.807) is 11.0 Å². The molecule has 1 unspecified atom stereocenters. The fourth-order valence-corrected chi connectivity index (χ4v) is 5.75. The number of halogens is 1. The average molecular weight is 416 g/mol. The summed E-state index contributed by atoms with van der Waals surface area (Å²) < 4.78 is 20.5. The summed E-state index contributed by atoms with van der Waals surface area (Å²) in [4.78, 5) is 31.2. The van der Waals surface area contributed by atoms with Crippen LogP contribution in [0.15, 0.2) is 18.2 Å². The fourth-order valence-electron chi connectivity index (χ4n) is 5.75. The van der Waals surface area contributed by atoms with Crippen LogP contribution in [0.2, 0.25) is 0 Å². The summed E-state index contributed by atoms with van der Waals surface area (Å²) in [5.41, 5.74) is 0.780. The highest BCUT2D eigenvalue weighted by molar-refractivity contribution is 5.95. The maximum absolute atomic E-state index is 15.1. The lowest BCUT2D eigenvalue weighted by Crippen LogP contribution is -2.50. The number of nitrogens with zero attached hydrogens (tertiary/aromatic N) is 3. The van der Waals surface area contributed by atoms with Crippen molar-refractivity contribution < 1.29 is 18.7 Å². The molecule has 0 aromatic heterocycles. The van der Waals surface area contributed by atoms with Crippen LogP contribution in [0, 0.1) is 11.2 Å². The van der Waals surface area contributed by atoms with Crippen molar-refractivity contribution in [2.24, 2.45) is 5.41 Å². The van der Waals surface area contributed by atoms with Crippen LogP contribution in [-0.4, -0.2) is 62.1 Å². The van der Waals surface area contributed by atoms with Gasteiger partial charge in [0.1, 0.15) is 5.82 Å². The lowest BCUT2D eigenvalue weighted by Gasteiger charge is -2.41. The molecular formula is C23H30FN3O3. The molecule has 0 aliphatic carbocycles. The molecule has 7 heteroatoms. The lowest BCUT2D eigenvalue weighted by molar-refractivity contribution is -0.139. The van der Waals surface area contributed by atoms with Crippen molar-refractivity contribution in [2.45, 2.75) is 51.0 Å². The number of anilines is 2. The lowest BCUT2D eigenvalue weighted by atomic mass is 9.78. The highest BCUT2D eigenvalue weighted by Gasteiger charge is 2.50. The molecule has 1 spiro atoms. The summed E-state index contributed by atoms with van der Waals surface area (Å²) >= 11 is 0. The normalized spacial score (nSPS) is 28.2. The summed E-state index contributed by atoms with van der Waals surface area (Å²) in [7, 11) is 0. The first-order valence-corrected chi connectivity index (χ1v) is 11.3. The van der Waals surface area contributed by atoms with Gasteiger partial charge in [-0.3, -0.25) is 9.59 Å². The minimum Gasteiger partial charge on any atom is -0.381 e. The molecule has 0 radical (unpaired) electrons. The Balaban J connectivity index is 1.33. The van der Waals surface area contributed by atoms with Crippen LogP contribution in [0.4, 0.5) is 15.8 Å². The van der Waals surface area contributed by atoms with Gasteiger partial charge in [-0.25, -0.2) is 4.39 Å². The third-order valence-electron chi connectivity index (χ3n) is 7.41. The molecule has 1 aromatic carbocycles. The van der Waals surface area contributed by atoms with Gasteiger partial charge in [0.2, 0.25) is 11.8 Å². The quantitative estimate of drug-likeness (QED) is 0.762. The number of ether oxygens (including phenoxy) is 1. The molecule has 4 saturated heterocycles. The van der Waals surface area contributed by atoms with Crippen LogP contribution in [0.5, 0.6) is 0 Å². The summed E-state index contributed by atoms with van der Waals surface area (Å²) in [5, 5.41) is 0. The molecule has 4 aliphatic rings. The summed E-state index contributed by atoms with van der Waals surface area (Å²) in [5.74, 6) is -0.00129. The standard InChI is InChI=1S/C23H30FN3O3/c24-19-15-18(26-11-1-3-21(26)28)4-5-20(19)25-10-2-8-23(16-25)9-12-27(22(23)29)17-6-13-30-14-7-17/h4-5,15,17H,1-3,6-14,16H2. The van der Waals surface area contributed by atoms with Gasteiger partial charge in [-0.1, -0.05) is 0 Å². The Labute approximate surface area is 176 Å². The van der Waals surface area contributed by atoms with Gasteiger partial charge in [-0.05, 0) is 56.7 Å². The first kappa shape index (κ1) is 19.8. The van der Waals surface area contributed by atoms with Crippen LogP contribution < -0.4 is 9.80 Å². The van der Waals surface area contributed by atoms with Gasteiger partial charge in [0, 0.05) is 57.5 Å². The van der Waals surface area contributed by atoms with E-state index in [1.807, 2.05) is 11.0 Å². The van der Waals surface area contributed by atoms with E-state index in [0.29, 0.717) is 30.9 Å². The van der Waals surface area contributed by atoms with Gasteiger partial charge < -0.3 is 19.4 Å². The molecule has 0 saturated carbocycles. The molecule has 4 aliphatic heterocycles. The number of carbonyl (C=O) groups excluding carboxylic acids is 2.